The zero-order chi connectivity index (χ0) is 18.5. The highest BCUT2D eigenvalue weighted by Gasteiger charge is 2.37. The highest BCUT2D eigenvalue weighted by Crippen LogP contribution is 2.20. The molecule has 0 spiro atoms. The van der Waals surface area contributed by atoms with E-state index in [9.17, 15) is 4.79 Å². The van der Waals surface area contributed by atoms with Crippen molar-refractivity contribution in [2.45, 2.75) is 31.3 Å². The molecule has 1 aromatic heterocycles. The van der Waals surface area contributed by atoms with Crippen LogP contribution in [0.15, 0.2) is 36.7 Å². The van der Waals surface area contributed by atoms with Gasteiger partial charge < -0.3 is 14.8 Å². The quantitative estimate of drug-likeness (QED) is 0.614. The van der Waals surface area contributed by atoms with E-state index >= 15 is 0 Å². The molecule has 27 heavy (non-hydrogen) atoms. The number of nitrogens with one attached hydrogen (secondary N) is 3. The van der Waals surface area contributed by atoms with Crippen LogP contribution < -0.4 is 16.2 Å². The van der Waals surface area contributed by atoms with Crippen molar-refractivity contribution >= 4 is 5.91 Å². The first-order valence-corrected chi connectivity index (χ1v) is 9.06. The van der Waals surface area contributed by atoms with Crippen LogP contribution in [0.2, 0.25) is 0 Å². The average Bonchev–Trinajstić information content (AvgIpc) is 3.39. The Kier molecular flexibility index (Phi) is 5.68. The van der Waals surface area contributed by atoms with Crippen LogP contribution in [0.5, 0.6) is 0 Å². The van der Waals surface area contributed by atoms with Crippen LogP contribution in [0.25, 0.3) is 0 Å². The summed E-state index contributed by atoms with van der Waals surface area (Å²) < 4.78 is 13.1. The number of nitrogens with zero attached hydrogens (tertiary/aromatic N) is 4. The van der Waals surface area contributed by atoms with Gasteiger partial charge in [0.1, 0.15) is 18.6 Å². The van der Waals surface area contributed by atoms with Gasteiger partial charge >= 0.3 is 0 Å². The van der Waals surface area contributed by atoms with Gasteiger partial charge in [-0.1, -0.05) is 30.3 Å². The van der Waals surface area contributed by atoms with Crippen molar-refractivity contribution in [2.75, 3.05) is 19.8 Å². The van der Waals surface area contributed by atoms with Gasteiger partial charge in [0.25, 0.3) is 0 Å². The predicted octanol–water partition coefficient (Wildman–Crippen LogP) is -0.614. The molecule has 0 bridgehead atoms. The lowest BCUT2D eigenvalue weighted by Gasteiger charge is -2.33. The van der Waals surface area contributed by atoms with Crippen LogP contribution in [0.4, 0.5) is 0 Å². The Balaban J connectivity index is 1.36. The monoisotopic (exact) mass is 373 g/mol. The van der Waals surface area contributed by atoms with E-state index in [1.807, 2.05) is 30.3 Å². The van der Waals surface area contributed by atoms with E-state index in [1.165, 1.54) is 11.0 Å². The number of amides is 1. The van der Waals surface area contributed by atoms with E-state index < -0.39 is 0 Å². The third kappa shape index (κ3) is 4.30. The van der Waals surface area contributed by atoms with Gasteiger partial charge in [-0.05, 0) is 22.4 Å². The van der Waals surface area contributed by atoms with E-state index in [0.29, 0.717) is 32.8 Å². The largest absolute Gasteiger partial charge is 0.379 e. The van der Waals surface area contributed by atoms with Crippen molar-refractivity contribution in [1.82, 2.24) is 36.4 Å². The van der Waals surface area contributed by atoms with Gasteiger partial charge in [-0.15, -0.1) is 5.10 Å². The van der Waals surface area contributed by atoms with Gasteiger partial charge in [-0.25, -0.2) is 10.1 Å². The normalized spacial score (nSPS) is 28.1. The Labute approximate surface area is 156 Å². The number of tetrazole rings is 1. The lowest BCUT2D eigenvalue weighted by atomic mass is 10.0. The van der Waals surface area contributed by atoms with Crippen LogP contribution in [-0.2, 0) is 20.9 Å². The molecule has 2 aliphatic heterocycles. The van der Waals surface area contributed by atoms with Gasteiger partial charge in [0.15, 0.2) is 0 Å². The maximum atomic E-state index is 12.9. The molecule has 0 saturated carbocycles. The summed E-state index contributed by atoms with van der Waals surface area (Å²) >= 11 is 0. The summed E-state index contributed by atoms with van der Waals surface area (Å²) in [7, 11) is 0. The summed E-state index contributed by atoms with van der Waals surface area (Å²) in [5, 5.41) is 14.3. The second-order valence-electron chi connectivity index (χ2n) is 6.68. The average molecular weight is 373 g/mol. The molecule has 4 atom stereocenters. The summed E-state index contributed by atoms with van der Waals surface area (Å²) in [5.41, 5.74) is 7.14. The molecule has 0 aliphatic carbocycles. The van der Waals surface area contributed by atoms with Crippen LogP contribution >= 0.6 is 0 Å². The smallest absolute Gasteiger partial charge is 0.228 e. The Morgan fingerprint density at radius 3 is 3.07 bits per heavy atom. The second-order valence-corrected chi connectivity index (χ2v) is 6.68. The number of rotatable bonds is 6. The maximum absolute atomic E-state index is 12.9. The number of ether oxygens (including phenoxy) is 2. The Hall–Kier alpha value is -2.40. The SMILES string of the molecule is O=C(N[C@@H]1CCOC[C@H]1OCc1ccccc1)C1CNNC1n1cnnn1. The van der Waals surface area contributed by atoms with Crippen LogP contribution in [-0.4, -0.2) is 58.0 Å². The van der Waals surface area contributed by atoms with Crippen molar-refractivity contribution in [2.24, 2.45) is 5.92 Å². The van der Waals surface area contributed by atoms with Crippen molar-refractivity contribution in [1.29, 1.82) is 0 Å². The van der Waals surface area contributed by atoms with Gasteiger partial charge in [-0.2, -0.15) is 0 Å². The third-order valence-electron chi connectivity index (χ3n) is 4.88. The lowest BCUT2D eigenvalue weighted by molar-refractivity contribution is -0.131. The van der Waals surface area contributed by atoms with Gasteiger partial charge in [-0.3, -0.25) is 10.2 Å². The minimum Gasteiger partial charge on any atom is -0.379 e. The van der Waals surface area contributed by atoms with Gasteiger partial charge in [0.05, 0.1) is 25.2 Å². The number of benzene rings is 1. The Bertz CT molecular complexity index is 727. The molecule has 2 saturated heterocycles. The number of aromatic nitrogens is 4. The van der Waals surface area contributed by atoms with E-state index in [2.05, 4.69) is 31.7 Å². The summed E-state index contributed by atoms with van der Waals surface area (Å²) in [6, 6.07) is 9.88. The highest BCUT2D eigenvalue weighted by atomic mass is 16.5. The molecule has 0 radical (unpaired) electrons. The number of hydrogen-bond acceptors (Lipinski definition) is 8. The van der Waals surface area contributed by atoms with Gasteiger partial charge in [0, 0.05) is 13.2 Å². The molecule has 144 valence electrons. The maximum Gasteiger partial charge on any atom is 0.228 e. The Morgan fingerprint density at radius 2 is 2.26 bits per heavy atom. The number of hydrogen-bond donors (Lipinski definition) is 3. The lowest BCUT2D eigenvalue weighted by Crippen LogP contribution is -2.52. The molecule has 10 nitrogen and oxygen atoms in total. The minimum atomic E-state index is -0.330. The third-order valence-corrected chi connectivity index (χ3v) is 4.88. The van der Waals surface area contributed by atoms with E-state index in [-0.39, 0.29) is 30.1 Å². The summed E-state index contributed by atoms with van der Waals surface area (Å²) in [6.45, 7) is 2.05. The first kappa shape index (κ1) is 18.0. The van der Waals surface area contributed by atoms with Crippen molar-refractivity contribution in [3.8, 4) is 0 Å². The van der Waals surface area contributed by atoms with Crippen LogP contribution in [0.3, 0.4) is 0 Å². The fourth-order valence-electron chi connectivity index (χ4n) is 3.38. The van der Waals surface area contributed by atoms with Crippen LogP contribution in [0.1, 0.15) is 18.2 Å². The number of carbonyl (C=O) groups is 1. The van der Waals surface area contributed by atoms with E-state index in [4.69, 9.17) is 9.47 Å². The summed E-state index contributed by atoms with van der Waals surface area (Å²) in [4.78, 5) is 12.9. The molecule has 2 unspecified atom stereocenters. The molecule has 2 aromatic rings. The molecular weight excluding hydrogens is 350 g/mol. The Morgan fingerprint density at radius 1 is 1.37 bits per heavy atom. The first-order chi connectivity index (χ1) is 13.3. The second kappa shape index (κ2) is 8.53. The number of hydrazine groups is 1. The molecule has 3 N–H and O–H groups in total. The molecular formula is C17H23N7O3. The molecule has 2 fully saturated rings. The summed E-state index contributed by atoms with van der Waals surface area (Å²) in [5.74, 6) is -0.390. The predicted molar refractivity (Wildman–Crippen MR) is 93.9 cm³/mol. The van der Waals surface area contributed by atoms with Crippen molar-refractivity contribution < 1.29 is 14.3 Å². The molecule has 3 heterocycles. The molecule has 1 aromatic carbocycles. The van der Waals surface area contributed by atoms with Crippen LogP contribution in [0, 0.1) is 5.92 Å². The van der Waals surface area contributed by atoms with Crippen molar-refractivity contribution in [3.63, 3.8) is 0 Å². The molecule has 4 rings (SSSR count). The first-order valence-electron chi connectivity index (χ1n) is 9.06. The summed E-state index contributed by atoms with van der Waals surface area (Å²) in [6.07, 6.45) is 1.69. The van der Waals surface area contributed by atoms with E-state index in [0.717, 1.165) is 5.56 Å². The fourth-order valence-corrected chi connectivity index (χ4v) is 3.38. The highest BCUT2D eigenvalue weighted by molar-refractivity contribution is 5.80. The zero-order valence-corrected chi connectivity index (χ0v) is 14.8. The van der Waals surface area contributed by atoms with E-state index in [1.54, 1.807) is 0 Å². The molecule has 10 heteroatoms. The zero-order valence-electron chi connectivity index (χ0n) is 14.8. The standard InChI is InChI=1S/C17H23N7O3/c25-17(13-8-18-21-16(13)24-11-19-22-23-24)20-14-6-7-26-10-15(14)27-9-12-4-2-1-3-5-12/h1-5,11,13-16,18,21H,6-10H2,(H,20,25)/t13?,14-,15-,16?/m1/s1. The fraction of sp³-hybridized carbons (Fsp3) is 0.529. The molecule has 1 amide bonds. The van der Waals surface area contributed by atoms with Crippen molar-refractivity contribution in [3.05, 3.63) is 42.2 Å². The molecule has 2 aliphatic rings. The minimum absolute atomic E-state index is 0.0618. The topological polar surface area (TPSA) is 115 Å². The van der Waals surface area contributed by atoms with Gasteiger partial charge in [0.2, 0.25) is 5.91 Å². The number of carbonyl (C=O) groups excluding carboxylic acids is 1.